The SMILES string of the molecule is Cc1cc(S(=O)(=O)Nc2ccc(Cl)cc2)ccc1OCC(=O)Nc1c(C)cccc1C. The number of anilines is 2. The molecule has 31 heavy (non-hydrogen) atoms. The first-order valence-electron chi connectivity index (χ1n) is 9.53. The van der Waals surface area contributed by atoms with Crippen LogP contribution in [0.5, 0.6) is 5.75 Å². The van der Waals surface area contributed by atoms with Crippen LogP contribution in [-0.4, -0.2) is 20.9 Å². The molecule has 0 aromatic heterocycles. The highest BCUT2D eigenvalue weighted by molar-refractivity contribution is 7.92. The van der Waals surface area contributed by atoms with Gasteiger partial charge in [-0.2, -0.15) is 0 Å². The molecule has 0 heterocycles. The lowest BCUT2D eigenvalue weighted by atomic mass is 10.1. The van der Waals surface area contributed by atoms with Crippen LogP contribution in [-0.2, 0) is 14.8 Å². The molecule has 0 aliphatic heterocycles. The molecule has 3 rings (SSSR count). The van der Waals surface area contributed by atoms with Gasteiger partial charge in [0.05, 0.1) is 4.90 Å². The number of rotatable bonds is 7. The Morgan fingerprint density at radius 2 is 1.58 bits per heavy atom. The van der Waals surface area contributed by atoms with Crippen LogP contribution < -0.4 is 14.8 Å². The van der Waals surface area contributed by atoms with E-state index < -0.39 is 10.0 Å². The van der Waals surface area contributed by atoms with Crippen molar-refractivity contribution in [1.82, 2.24) is 0 Å². The number of benzene rings is 3. The Kier molecular flexibility index (Phi) is 6.87. The predicted octanol–water partition coefficient (Wildman–Crippen LogP) is 5.08. The number of hydrogen-bond donors (Lipinski definition) is 2. The molecule has 3 aromatic carbocycles. The summed E-state index contributed by atoms with van der Waals surface area (Å²) in [7, 11) is -3.77. The highest BCUT2D eigenvalue weighted by Gasteiger charge is 2.16. The van der Waals surface area contributed by atoms with E-state index in [-0.39, 0.29) is 17.4 Å². The van der Waals surface area contributed by atoms with Gasteiger partial charge in [-0.05, 0) is 79.9 Å². The maximum absolute atomic E-state index is 12.6. The largest absolute Gasteiger partial charge is 0.483 e. The lowest BCUT2D eigenvalue weighted by Gasteiger charge is -2.14. The standard InChI is InChI=1S/C23H23ClN2O4S/c1-15-5-4-6-16(2)23(15)25-22(27)14-30-21-12-11-20(13-17(21)3)31(28,29)26-19-9-7-18(24)8-10-19/h4-13,26H,14H2,1-3H3,(H,25,27). The summed E-state index contributed by atoms with van der Waals surface area (Å²) < 4.78 is 33.4. The van der Waals surface area contributed by atoms with E-state index in [0.717, 1.165) is 16.8 Å². The van der Waals surface area contributed by atoms with E-state index in [2.05, 4.69) is 10.0 Å². The van der Waals surface area contributed by atoms with Crippen LogP contribution in [0, 0.1) is 20.8 Å². The average molecular weight is 459 g/mol. The Morgan fingerprint density at radius 3 is 2.19 bits per heavy atom. The van der Waals surface area contributed by atoms with Crippen LogP contribution in [0.15, 0.2) is 65.6 Å². The molecule has 0 saturated heterocycles. The topological polar surface area (TPSA) is 84.5 Å². The van der Waals surface area contributed by atoms with Crippen LogP contribution in [0.4, 0.5) is 11.4 Å². The molecule has 0 aliphatic rings. The predicted molar refractivity (Wildman–Crippen MR) is 123 cm³/mol. The summed E-state index contributed by atoms with van der Waals surface area (Å²) >= 11 is 5.83. The molecule has 6 nitrogen and oxygen atoms in total. The van der Waals surface area contributed by atoms with Crippen LogP contribution >= 0.6 is 11.6 Å². The van der Waals surface area contributed by atoms with Crippen molar-refractivity contribution in [2.75, 3.05) is 16.6 Å². The lowest BCUT2D eigenvalue weighted by Crippen LogP contribution is -2.21. The van der Waals surface area contributed by atoms with Crippen molar-refractivity contribution in [3.63, 3.8) is 0 Å². The second-order valence-electron chi connectivity index (χ2n) is 7.14. The maximum atomic E-state index is 12.6. The maximum Gasteiger partial charge on any atom is 0.262 e. The van der Waals surface area contributed by atoms with Crippen molar-refractivity contribution < 1.29 is 17.9 Å². The summed E-state index contributed by atoms with van der Waals surface area (Å²) in [4.78, 5) is 12.4. The highest BCUT2D eigenvalue weighted by atomic mass is 35.5. The Balaban J connectivity index is 1.66. The van der Waals surface area contributed by atoms with Gasteiger partial charge in [0.25, 0.3) is 15.9 Å². The Hall–Kier alpha value is -3.03. The molecular weight excluding hydrogens is 436 g/mol. The van der Waals surface area contributed by atoms with Crippen LogP contribution in [0.2, 0.25) is 5.02 Å². The van der Waals surface area contributed by atoms with Gasteiger partial charge < -0.3 is 10.1 Å². The number of carbonyl (C=O) groups excluding carboxylic acids is 1. The number of ether oxygens (including phenoxy) is 1. The summed E-state index contributed by atoms with van der Waals surface area (Å²) in [5, 5.41) is 3.37. The summed E-state index contributed by atoms with van der Waals surface area (Å²) in [6.45, 7) is 5.37. The zero-order valence-electron chi connectivity index (χ0n) is 17.4. The first kappa shape index (κ1) is 22.7. The Bertz CT molecular complexity index is 1190. The highest BCUT2D eigenvalue weighted by Crippen LogP contribution is 2.24. The number of amides is 1. The summed E-state index contributed by atoms with van der Waals surface area (Å²) in [5.41, 5.74) is 3.70. The van der Waals surface area contributed by atoms with Gasteiger partial charge in [-0.3, -0.25) is 9.52 Å². The summed E-state index contributed by atoms with van der Waals surface area (Å²) in [6.07, 6.45) is 0. The van der Waals surface area contributed by atoms with E-state index >= 15 is 0 Å². The van der Waals surface area contributed by atoms with Gasteiger partial charge in [0.15, 0.2) is 6.61 Å². The molecule has 0 saturated carbocycles. The fraction of sp³-hybridized carbons (Fsp3) is 0.174. The molecule has 0 spiro atoms. The second-order valence-corrected chi connectivity index (χ2v) is 9.26. The third-order valence-corrected chi connectivity index (χ3v) is 6.29. The minimum Gasteiger partial charge on any atom is -0.483 e. The van der Waals surface area contributed by atoms with Gasteiger partial charge >= 0.3 is 0 Å². The van der Waals surface area contributed by atoms with Gasteiger partial charge in [-0.1, -0.05) is 29.8 Å². The molecule has 0 radical (unpaired) electrons. The molecule has 1 amide bonds. The van der Waals surface area contributed by atoms with Gasteiger partial charge in [-0.15, -0.1) is 0 Å². The molecular formula is C23H23ClN2O4S. The number of sulfonamides is 1. The fourth-order valence-electron chi connectivity index (χ4n) is 3.01. The van der Waals surface area contributed by atoms with Crippen LogP contribution in [0.3, 0.4) is 0 Å². The first-order valence-corrected chi connectivity index (χ1v) is 11.4. The molecule has 0 atom stereocenters. The molecule has 8 heteroatoms. The fourth-order valence-corrected chi connectivity index (χ4v) is 4.28. The van der Waals surface area contributed by atoms with E-state index in [4.69, 9.17) is 16.3 Å². The van der Waals surface area contributed by atoms with Gasteiger partial charge in [0, 0.05) is 16.4 Å². The molecule has 0 unspecified atom stereocenters. The second kappa shape index (κ2) is 9.41. The van der Waals surface area contributed by atoms with E-state index in [9.17, 15) is 13.2 Å². The average Bonchev–Trinajstić information content (AvgIpc) is 2.71. The zero-order chi connectivity index (χ0) is 22.6. The minimum absolute atomic E-state index is 0.0901. The van der Waals surface area contributed by atoms with Crippen molar-refractivity contribution in [3.05, 3.63) is 82.4 Å². The minimum atomic E-state index is -3.77. The van der Waals surface area contributed by atoms with Gasteiger partial charge in [0.2, 0.25) is 0 Å². The quantitative estimate of drug-likeness (QED) is 0.516. The molecule has 0 bridgehead atoms. The number of para-hydroxylation sites is 1. The smallest absolute Gasteiger partial charge is 0.262 e. The van der Waals surface area contributed by atoms with Crippen LogP contribution in [0.1, 0.15) is 16.7 Å². The number of aryl methyl sites for hydroxylation is 3. The monoisotopic (exact) mass is 458 g/mol. The van der Waals surface area contributed by atoms with E-state index in [1.165, 1.54) is 18.2 Å². The number of nitrogens with one attached hydrogen (secondary N) is 2. The lowest BCUT2D eigenvalue weighted by molar-refractivity contribution is -0.118. The number of carbonyl (C=O) groups is 1. The molecule has 0 aliphatic carbocycles. The van der Waals surface area contributed by atoms with Gasteiger partial charge in [0.1, 0.15) is 5.75 Å². The third kappa shape index (κ3) is 5.77. The van der Waals surface area contributed by atoms with E-state index in [0.29, 0.717) is 22.0 Å². The van der Waals surface area contributed by atoms with Crippen LogP contribution in [0.25, 0.3) is 0 Å². The van der Waals surface area contributed by atoms with E-state index in [1.54, 1.807) is 31.2 Å². The molecule has 0 fully saturated rings. The number of halogens is 1. The zero-order valence-corrected chi connectivity index (χ0v) is 19.0. The van der Waals surface area contributed by atoms with E-state index in [1.807, 2.05) is 32.0 Å². The van der Waals surface area contributed by atoms with Crippen molar-refractivity contribution in [2.24, 2.45) is 0 Å². The first-order chi connectivity index (χ1) is 14.7. The van der Waals surface area contributed by atoms with Crippen molar-refractivity contribution in [2.45, 2.75) is 25.7 Å². The normalized spacial score (nSPS) is 11.1. The molecule has 162 valence electrons. The third-order valence-electron chi connectivity index (χ3n) is 4.66. The summed E-state index contributed by atoms with van der Waals surface area (Å²) in [5.74, 6) is 0.139. The number of hydrogen-bond acceptors (Lipinski definition) is 4. The summed E-state index contributed by atoms with van der Waals surface area (Å²) in [6, 6.07) is 16.6. The Labute approximate surface area is 187 Å². The van der Waals surface area contributed by atoms with Crippen molar-refractivity contribution in [3.8, 4) is 5.75 Å². The molecule has 2 N–H and O–H groups in total. The molecule has 3 aromatic rings. The van der Waals surface area contributed by atoms with Gasteiger partial charge in [-0.25, -0.2) is 8.42 Å². The Morgan fingerprint density at radius 1 is 0.935 bits per heavy atom. The van der Waals surface area contributed by atoms with Crippen molar-refractivity contribution in [1.29, 1.82) is 0 Å². The van der Waals surface area contributed by atoms with Crippen molar-refractivity contribution >= 4 is 38.9 Å².